The number of carbonyl (C=O) groups excluding carboxylic acids is 1. The molecule has 0 rings (SSSR count). The molecule has 0 radical (unpaired) electrons. The van der Waals surface area contributed by atoms with Crippen LogP contribution in [0.5, 0.6) is 0 Å². The van der Waals surface area contributed by atoms with E-state index in [1.54, 1.807) is 6.08 Å². The molecule has 0 saturated heterocycles. The largest absolute Gasteiger partial charge is 0.466 e. The van der Waals surface area contributed by atoms with Gasteiger partial charge in [-0.15, -0.1) is 0 Å². The summed E-state index contributed by atoms with van der Waals surface area (Å²) in [6, 6.07) is 0. The van der Waals surface area contributed by atoms with E-state index in [0.717, 1.165) is 19.3 Å². The van der Waals surface area contributed by atoms with Crippen LogP contribution in [0, 0.1) is 5.92 Å². The van der Waals surface area contributed by atoms with E-state index >= 15 is 0 Å². The van der Waals surface area contributed by atoms with Crippen LogP contribution in [0.25, 0.3) is 0 Å². The summed E-state index contributed by atoms with van der Waals surface area (Å²) in [5, 5.41) is 9.63. The van der Waals surface area contributed by atoms with Crippen LogP contribution < -0.4 is 0 Å². The summed E-state index contributed by atoms with van der Waals surface area (Å²) >= 11 is 0. The summed E-state index contributed by atoms with van der Waals surface area (Å²) in [4.78, 5) is 10.8. The molecule has 2 atom stereocenters. The number of aliphatic hydroxyl groups excluding tert-OH is 1. The Balaban J connectivity index is 3.87. The molecule has 0 fully saturated rings. The molecule has 0 bridgehead atoms. The molecular formula is C11H20O3. The Morgan fingerprint density at radius 1 is 1.57 bits per heavy atom. The lowest BCUT2D eigenvalue weighted by Crippen LogP contribution is -2.15. The van der Waals surface area contributed by atoms with E-state index in [-0.39, 0.29) is 18.0 Å². The van der Waals surface area contributed by atoms with E-state index in [1.165, 1.54) is 13.2 Å². The SMILES string of the molecule is CCCC[C@@H](O)[C@H](C)/C=C/C(=O)OC. The minimum absolute atomic E-state index is 0.000602. The predicted octanol–water partition coefficient (Wildman–Crippen LogP) is 1.90. The minimum Gasteiger partial charge on any atom is -0.466 e. The molecule has 1 N–H and O–H groups in total. The number of unbranched alkanes of at least 4 members (excludes halogenated alkanes) is 1. The molecule has 0 aromatic carbocycles. The van der Waals surface area contributed by atoms with Gasteiger partial charge in [0.2, 0.25) is 0 Å². The number of hydrogen-bond acceptors (Lipinski definition) is 3. The second kappa shape index (κ2) is 7.56. The van der Waals surface area contributed by atoms with E-state index in [9.17, 15) is 9.90 Å². The van der Waals surface area contributed by atoms with Crippen molar-refractivity contribution in [2.75, 3.05) is 7.11 Å². The molecule has 0 heterocycles. The lowest BCUT2D eigenvalue weighted by Gasteiger charge is -2.14. The minimum atomic E-state index is -0.375. The number of rotatable bonds is 6. The van der Waals surface area contributed by atoms with Gasteiger partial charge in [0.05, 0.1) is 13.2 Å². The van der Waals surface area contributed by atoms with E-state index in [1.807, 2.05) is 6.92 Å². The first-order chi connectivity index (χ1) is 6.61. The molecule has 0 aliphatic rings. The van der Waals surface area contributed by atoms with Crippen molar-refractivity contribution in [2.45, 2.75) is 39.2 Å². The number of ether oxygens (including phenoxy) is 1. The molecule has 3 heteroatoms. The molecule has 0 aliphatic carbocycles. The molecule has 82 valence electrons. The maximum atomic E-state index is 10.8. The third kappa shape index (κ3) is 5.75. The lowest BCUT2D eigenvalue weighted by molar-refractivity contribution is -0.134. The first-order valence-corrected chi connectivity index (χ1v) is 5.06. The number of hydrogen-bond donors (Lipinski definition) is 1. The van der Waals surface area contributed by atoms with Crippen molar-refractivity contribution < 1.29 is 14.6 Å². The summed E-state index contributed by atoms with van der Waals surface area (Å²) in [6.07, 6.45) is 5.55. The maximum absolute atomic E-state index is 10.8. The normalized spacial score (nSPS) is 15.4. The molecule has 3 nitrogen and oxygen atoms in total. The number of carbonyl (C=O) groups is 1. The summed E-state index contributed by atoms with van der Waals surface area (Å²) < 4.78 is 4.45. The van der Waals surface area contributed by atoms with E-state index in [4.69, 9.17) is 0 Å². The van der Waals surface area contributed by atoms with Gasteiger partial charge in [0.1, 0.15) is 0 Å². The van der Waals surface area contributed by atoms with E-state index in [0.29, 0.717) is 0 Å². The van der Waals surface area contributed by atoms with Gasteiger partial charge in [-0.25, -0.2) is 4.79 Å². The fraction of sp³-hybridized carbons (Fsp3) is 0.727. The summed E-state index contributed by atoms with van der Waals surface area (Å²) in [7, 11) is 1.34. The maximum Gasteiger partial charge on any atom is 0.330 e. The first kappa shape index (κ1) is 13.2. The quantitative estimate of drug-likeness (QED) is 0.526. The summed E-state index contributed by atoms with van der Waals surface area (Å²) in [6.45, 7) is 3.97. The smallest absolute Gasteiger partial charge is 0.330 e. The highest BCUT2D eigenvalue weighted by molar-refractivity contribution is 5.81. The zero-order chi connectivity index (χ0) is 11.0. The lowest BCUT2D eigenvalue weighted by atomic mass is 9.99. The second-order valence-electron chi connectivity index (χ2n) is 3.45. The number of esters is 1. The first-order valence-electron chi connectivity index (χ1n) is 5.06. The summed E-state index contributed by atoms with van der Waals surface area (Å²) in [5.74, 6) is -0.375. The van der Waals surface area contributed by atoms with Crippen LogP contribution in [0.2, 0.25) is 0 Å². The Kier molecular flexibility index (Phi) is 7.11. The molecule has 0 aliphatic heterocycles. The van der Waals surface area contributed by atoms with Crippen LogP contribution >= 0.6 is 0 Å². The van der Waals surface area contributed by atoms with Crippen LogP contribution in [0.3, 0.4) is 0 Å². The Morgan fingerprint density at radius 3 is 2.71 bits per heavy atom. The monoisotopic (exact) mass is 200 g/mol. The Hall–Kier alpha value is -0.830. The van der Waals surface area contributed by atoms with Crippen molar-refractivity contribution in [3.05, 3.63) is 12.2 Å². The standard InChI is InChI=1S/C11H20O3/c1-4-5-6-10(12)9(2)7-8-11(13)14-3/h7-10,12H,4-6H2,1-3H3/b8-7+/t9-,10-/m1/s1. The van der Waals surface area contributed by atoms with Gasteiger partial charge >= 0.3 is 5.97 Å². The fourth-order valence-electron chi connectivity index (χ4n) is 1.10. The van der Waals surface area contributed by atoms with E-state index < -0.39 is 0 Å². The van der Waals surface area contributed by atoms with Gasteiger partial charge in [-0.1, -0.05) is 32.8 Å². The van der Waals surface area contributed by atoms with Crippen molar-refractivity contribution in [1.82, 2.24) is 0 Å². The van der Waals surface area contributed by atoms with Crippen LogP contribution in [0.4, 0.5) is 0 Å². The second-order valence-corrected chi connectivity index (χ2v) is 3.45. The van der Waals surface area contributed by atoms with Gasteiger partial charge in [0, 0.05) is 12.0 Å². The number of aliphatic hydroxyl groups is 1. The highest BCUT2D eigenvalue weighted by atomic mass is 16.5. The van der Waals surface area contributed by atoms with E-state index in [2.05, 4.69) is 11.7 Å². The van der Waals surface area contributed by atoms with Crippen LogP contribution in [0.1, 0.15) is 33.1 Å². The Labute approximate surface area is 85.8 Å². The Morgan fingerprint density at radius 2 is 2.21 bits per heavy atom. The van der Waals surface area contributed by atoms with Crippen molar-refractivity contribution >= 4 is 5.97 Å². The zero-order valence-electron chi connectivity index (χ0n) is 9.19. The van der Waals surface area contributed by atoms with Gasteiger partial charge < -0.3 is 9.84 Å². The van der Waals surface area contributed by atoms with Crippen LogP contribution in [-0.2, 0) is 9.53 Å². The average molecular weight is 200 g/mol. The molecule has 0 saturated carbocycles. The van der Waals surface area contributed by atoms with Crippen molar-refractivity contribution in [2.24, 2.45) is 5.92 Å². The van der Waals surface area contributed by atoms with Crippen molar-refractivity contribution in [3.63, 3.8) is 0 Å². The predicted molar refractivity (Wildman–Crippen MR) is 55.9 cm³/mol. The molecule has 0 unspecified atom stereocenters. The topological polar surface area (TPSA) is 46.5 Å². The molecule has 0 aromatic rings. The van der Waals surface area contributed by atoms with Crippen molar-refractivity contribution in [1.29, 1.82) is 0 Å². The molecule has 0 amide bonds. The van der Waals surface area contributed by atoms with Crippen molar-refractivity contribution in [3.8, 4) is 0 Å². The molecule has 0 spiro atoms. The van der Waals surface area contributed by atoms with Crippen LogP contribution in [-0.4, -0.2) is 24.3 Å². The van der Waals surface area contributed by atoms with Crippen LogP contribution in [0.15, 0.2) is 12.2 Å². The summed E-state index contributed by atoms with van der Waals surface area (Å²) in [5.41, 5.74) is 0. The fourth-order valence-corrected chi connectivity index (χ4v) is 1.10. The van der Waals surface area contributed by atoms with Gasteiger partial charge in [0.25, 0.3) is 0 Å². The Bertz CT molecular complexity index is 187. The van der Waals surface area contributed by atoms with Gasteiger partial charge in [-0.2, -0.15) is 0 Å². The zero-order valence-corrected chi connectivity index (χ0v) is 9.19. The molecular weight excluding hydrogens is 180 g/mol. The van der Waals surface area contributed by atoms with Gasteiger partial charge in [0.15, 0.2) is 0 Å². The third-order valence-corrected chi connectivity index (χ3v) is 2.20. The number of methoxy groups -OCH3 is 1. The molecule has 14 heavy (non-hydrogen) atoms. The third-order valence-electron chi connectivity index (χ3n) is 2.20. The highest BCUT2D eigenvalue weighted by Crippen LogP contribution is 2.11. The highest BCUT2D eigenvalue weighted by Gasteiger charge is 2.10. The van der Waals surface area contributed by atoms with Gasteiger partial charge in [-0.05, 0) is 6.42 Å². The average Bonchev–Trinajstić information content (AvgIpc) is 2.21. The molecule has 0 aromatic heterocycles. The van der Waals surface area contributed by atoms with Gasteiger partial charge in [-0.3, -0.25) is 0 Å².